The molecule has 1 heterocycles. The third-order valence-corrected chi connectivity index (χ3v) is 6.21. The first-order valence-corrected chi connectivity index (χ1v) is 12.3. The summed E-state index contributed by atoms with van der Waals surface area (Å²) in [4.78, 5) is 17.2. The first-order chi connectivity index (χ1) is 16.8. The molecule has 4 rings (SSSR count). The van der Waals surface area contributed by atoms with E-state index in [1.807, 2.05) is 61.5 Å². The normalized spacial score (nSPS) is 11.5. The molecule has 1 N–H and O–H groups in total. The Labute approximate surface area is 208 Å². The first kappa shape index (κ1) is 24.5. The smallest absolute Gasteiger partial charge is 0.251 e. The molecule has 0 aliphatic heterocycles. The van der Waals surface area contributed by atoms with Crippen LogP contribution < -0.4 is 10.1 Å². The fourth-order valence-electron chi connectivity index (χ4n) is 4.13. The number of aromatic nitrogens is 2. The van der Waals surface area contributed by atoms with Gasteiger partial charge in [-0.05, 0) is 60.7 Å². The SMILES string of the molecule is Cc1ccc(C(=O)NCCCc2nc3ccccc3n2CCOc2ccc(C(C)(C)C)cc2)cc1. The second kappa shape index (κ2) is 10.8. The molecule has 0 unspecified atom stereocenters. The predicted octanol–water partition coefficient (Wildman–Crippen LogP) is 6.08. The molecule has 35 heavy (non-hydrogen) atoms. The molecule has 3 aromatic carbocycles. The van der Waals surface area contributed by atoms with Crippen LogP contribution in [-0.4, -0.2) is 28.6 Å². The number of fused-ring (bicyclic) bond motifs is 1. The molecule has 182 valence electrons. The van der Waals surface area contributed by atoms with Crippen LogP contribution in [0.2, 0.25) is 0 Å². The van der Waals surface area contributed by atoms with Crippen molar-refractivity contribution < 1.29 is 9.53 Å². The van der Waals surface area contributed by atoms with Gasteiger partial charge in [0, 0.05) is 18.5 Å². The second-order valence-corrected chi connectivity index (χ2v) is 10.0. The highest BCUT2D eigenvalue weighted by atomic mass is 16.5. The Morgan fingerprint density at radius 2 is 1.69 bits per heavy atom. The number of carbonyl (C=O) groups is 1. The Morgan fingerprint density at radius 3 is 2.40 bits per heavy atom. The molecular formula is C30H35N3O2. The summed E-state index contributed by atoms with van der Waals surface area (Å²) in [7, 11) is 0. The fourth-order valence-corrected chi connectivity index (χ4v) is 4.13. The molecule has 0 aliphatic carbocycles. The standard InChI is InChI=1S/C30H35N3O2/c1-22-11-13-23(14-12-22)29(34)31-19-7-10-28-32-26-8-5-6-9-27(26)33(28)20-21-35-25-17-15-24(16-18-25)30(2,3)4/h5-6,8-9,11-18H,7,10,19-21H2,1-4H3,(H,31,34). The summed E-state index contributed by atoms with van der Waals surface area (Å²) in [6, 6.07) is 24.2. The zero-order valence-electron chi connectivity index (χ0n) is 21.2. The van der Waals surface area contributed by atoms with Gasteiger partial charge in [-0.1, -0.05) is 62.7 Å². The van der Waals surface area contributed by atoms with Gasteiger partial charge in [-0.3, -0.25) is 4.79 Å². The van der Waals surface area contributed by atoms with E-state index in [1.54, 1.807) is 0 Å². The minimum atomic E-state index is -0.0376. The number of ether oxygens (including phenoxy) is 1. The van der Waals surface area contributed by atoms with Gasteiger partial charge in [0.1, 0.15) is 18.2 Å². The number of nitrogens with one attached hydrogen (secondary N) is 1. The van der Waals surface area contributed by atoms with E-state index >= 15 is 0 Å². The van der Waals surface area contributed by atoms with Gasteiger partial charge in [0.15, 0.2) is 0 Å². The summed E-state index contributed by atoms with van der Waals surface area (Å²) in [5.41, 5.74) is 5.35. The lowest BCUT2D eigenvalue weighted by Crippen LogP contribution is -2.25. The number of rotatable bonds is 9. The fraction of sp³-hybridized carbons (Fsp3) is 0.333. The number of imidazole rings is 1. The van der Waals surface area contributed by atoms with Crippen LogP contribution in [-0.2, 0) is 18.4 Å². The van der Waals surface area contributed by atoms with Gasteiger partial charge in [0.25, 0.3) is 5.91 Å². The van der Waals surface area contributed by atoms with Crippen molar-refractivity contribution in [3.63, 3.8) is 0 Å². The van der Waals surface area contributed by atoms with Crippen LogP contribution in [0.1, 0.15) is 54.5 Å². The van der Waals surface area contributed by atoms with Crippen LogP contribution in [0, 0.1) is 6.92 Å². The number of amides is 1. The molecule has 0 spiro atoms. The van der Waals surface area contributed by atoms with E-state index in [2.05, 4.69) is 48.9 Å². The van der Waals surface area contributed by atoms with Crippen LogP contribution in [0.3, 0.4) is 0 Å². The van der Waals surface area contributed by atoms with Crippen molar-refractivity contribution in [3.8, 4) is 5.75 Å². The lowest BCUT2D eigenvalue weighted by atomic mass is 9.87. The van der Waals surface area contributed by atoms with E-state index in [0.717, 1.165) is 41.0 Å². The van der Waals surface area contributed by atoms with Crippen molar-refractivity contribution in [2.75, 3.05) is 13.2 Å². The number of hydrogen-bond donors (Lipinski definition) is 1. The Bertz CT molecular complexity index is 1270. The third kappa shape index (κ3) is 6.30. The molecule has 1 amide bonds. The van der Waals surface area contributed by atoms with Gasteiger partial charge < -0.3 is 14.6 Å². The van der Waals surface area contributed by atoms with Crippen LogP contribution >= 0.6 is 0 Å². The maximum absolute atomic E-state index is 12.4. The maximum Gasteiger partial charge on any atom is 0.251 e. The lowest BCUT2D eigenvalue weighted by molar-refractivity contribution is 0.0953. The molecule has 0 bridgehead atoms. The van der Waals surface area contributed by atoms with E-state index < -0.39 is 0 Å². The van der Waals surface area contributed by atoms with Crippen LogP contribution in [0.25, 0.3) is 11.0 Å². The van der Waals surface area contributed by atoms with Gasteiger partial charge in [0.05, 0.1) is 17.6 Å². The van der Waals surface area contributed by atoms with Crippen LogP contribution in [0.15, 0.2) is 72.8 Å². The van der Waals surface area contributed by atoms with E-state index in [-0.39, 0.29) is 11.3 Å². The molecule has 5 heteroatoms. The highest BCUT2D eigenvalue weighted by Gasteiger charge is 2.14. The number of carbonyl (C=O) groups excluding carboxylic acids is 1. The average molecular weight is 470 g/mol. The summed E-state index contributed by atoms with van der Waals surface area (Å²) in [5.74, 6) is 1.86. The van der Waals surface area contributed by atoms with Crippen molar-refractivity contribution >= 4 is 16.9 Å². The molecule has 0 saturated heterocycles. The maximum atomic E-state index is 12.4. The summed E-state index contributed by atoms with van der Waals surface area (Å²) in [6.45, 7) is 10.5. The Kier molecular flexibility index (Phi) is 7.54. The van der Waals surface area contributed by atoms with E-state index in [0.29, 0.717) is 25.3 Å². The minimum absolute atomic E-state index is 0.0376. The molecule has 0 atom stereocenters. The van der Waals surface area contributed by atoms with Crippen molar-refractivity contribution in [2.45, 2.75) is 52.5 Å². The molecular weight excluding hydrogens is 434 g/mol. The predicted molar refractivity (Wildman–Crippen MR) is 142 cm³/mol. The van der Waals surface area contributed by atoms with Gasteiger partial charge in [-0.25, -0.2) is 4.98 Å². The summed E-state index contributed by atoms with van der Waals surface area (Å²) in [6.07, 6.45) is 1.60. The lowest BCUT2D eigenvalue weighted by Gasteiger charge is -2.19. The highest BCUT2D eigenvalue weighted by molar-refractivity contribution is 5.94. The Balaban J connectivity index is 1.35. The summed E-state index contributed by atoms with van der Waals surface area (Å²) >= 11 is 0. The van der Waals surface area contributed by atoms with Crippen molar-refractivity contribution in [1.82, 2.24) is 14.9 Å². The van der Waals surface area contributed by atoms with E-state index in [9.17, 15) is 4.79 Å². The second-order valence-electron chi connectivity index (χ2n) is 10.0. The average Bonchev–Trinajstić information content (AvgIpc) is 3.19. The highest BCUT2D eigenvalue weighted by Crippen LogP contribution is 2.24. The number of nitrogens with zero attached hydrogens (tertiary/aromatic N) is 2. The summed E-state index contributed by atoms with van der Waals surface area (Å²) in [5, 5.41) is 3.02. The van der Waals surface area contributed by atoms with Gasteiger partial charge in [0.2, 0.25) is 0 Å². The molecule has 0 aliphatic rings. The first-order valence-electron chi connectivity index (χ1n) is 12.3. The molecule has 0 fully saturated rings. The third-order valence-electron chi connectivity index (χ3n) is 6.21. The topological polar surface area (TPSA) is 56.2 Å². The molecule has 0 radical (unpaired) electrons. The monoisotopic (exact) mass is 469 g/mol. The van der Waals surface area contributed by atoms with E-state index in [1.165, 1.54) is 5.56 Å². The largest absolute Gasteiger partial charge is 0.492 e. The van der Waals surface area contributed by atoms with E-state index in [4.69, 9.17) is 9.72 Å². The Morgan fingerprint density at radius 1 is 0.971 bits per heavy atom. The molecule has 5 nitrogen and oxygen atoms in total. The van der Waals surface area contributed by atoms with Crippen LogP contribution in [0.5, 0.6) is 5.75 Å². The number of para-hydroxylation sites is 2. The number of benzene rings is 3. The van der Waals surface area contributed by atoms with Gasteiger partial charge in [-0.15, -0.1) is 0 Å². The van der Waals surface area contributed by atoms with Gasteiger partial charge >= 0.3 is 0 Å². The quantitative estimate of drug-likeness (QED) is 0.302. The molecule has 4 aromatic rings. The zero-order valence-corrected chi connectivity index (χ0v) is 21.2. The summed E-state index contributed by atoms with van der Waals surface area (Å²) < 4.78 is 8.30. The number of aryl methyl sites for hydroxylation is 2. The molecule has 0 saturated carbocycles. The molecule has 1 aromatic heterocycles. The zero-order chi connectivity index (χ0) is 24.8. The Hall–Kier alpha value is -3.60. The van der Waals surface area contributed by atoms with Crippen molar-refractivity contribution in [1.29, 1.82) is 0 Å². The van der Waals surface area contributed by atoms with Crippen molar-refractivity contribution in [2.24, 2.45) is 0 Å². The van der Waals surface area contributed by atoms with Crippen LogP contribution in [0.4, 0.5) is 0 Å². The van der Waals surface area contributed by atoms with Gasteiger partial charge in [-0.2, -0.15) is 0 Å². The number of hydrogen-bond acceptors (Lipinski definition) is 3. The van der Waals surface area contributed by atoms with Crippen molar-refractivity contribution in [3.05, 3.63) is 95.3 Å². The minimum Gasteiger partial charge on any atom is -0.492 e.